The predicted octanol–water partition coefficient (Wildman–Crippen LogP) is 3.48. The van der Waals surface area contributed by atoms with Crippen LogP contribution < -0.4 is 11.1 Å². The maximum atomic E-state index is 12.2. The Morgan fingerprint density at radius 3 is 2.76 bits per heavy atom. The van der Waals surface area contributed by atoms with Crippen LogP contribution in [0.15, 0.2) is 22.7 Å². The van der Waals surface area contributed by atoms with Gasteiger partial charge in [-0.2, -0.15) is 0 Å². The van der Waals surface area contributed by atoms with Gasteiger partial charge in [-0.15, -0.1) is 0 Å². The smallest absolute Gasteiger partial charge is 0.238 e. The molecule has 0 saturated heterocycles. The molecule has 0 spiro atoms. The fourth-order valence-corrected chi connectivity index (χ4v) is 2.76. The number of nitrogens with one attached hydrogen (secondary N) is 1. The maximum absolute atomic E-state index is 12.2. The van der Waals surface area contributed by atoms with E-state index in [1.54, 1.807) is 12.1 Å². The Morgan fingerprint density at radius 2 is 2.19 bits per heavy atom. The van der Waals surface area contributed by atoms with Crippen molar-refractivity contribution in [2.45, 2.75) is 39.2 Å². The van der Waals surface area contributed by atoms with Gasteiger partial charge in [0.15, 0.2) is 0 Å². The second kappa shape index (κ2) is 7.27. The van der Waals surface area contributed by atoms with Crippen LogP contribution in [0.25, 0.3) is 0 Å². The minimum Gasteiger partial charge on any atom is -0.399 e. The standard InChI is InChI=1S/C16H24BrN3O/c1-11(2)7-8-20(13-4-5-13)10-16(21)19-15-6-3-12(18)9-14(15)17/h3,6,9,11,13H,4-5,7-8,10,18H2,1-2H3,(H,19,21). The first-order valence-corrected chi connectivity index (χ1v) is 8.34. The summed E-state index contributed by atoms with van der Waals surface area (Å²) in [6.07, 6.45) is 3.57. The highest BCUT2D eigenvalue weighted by Crippen LogP contribution is 2.28. The molecule has 2 rings (SSSR count). The zero-order valence-corrected chi connectivity index (χ0v) is 14.3. The van der Waals surface area contributed by atoms with Crippen molar-refractivity contribution in [3.63, 3.8) is 0 Å². The third-order valence-electron chi connectivity index (χ3n) is 3.67. The van der Waals surface area contributed by atoms with Crippen molar-refractivity contribution < 1.29 is 4.79 Å². The van der Waals surface area contributed by atoms with Crippen molar-refractivity contribution in [3.8, 4) is 0 Å². The highest BCUT2D eigenvalue weighted by Gasteiger charge is 2.30. The second-order valence-corrected chi connectivity index (χ2v) is 7.03. The number of nitrogen functional groups attached to an aromatic ring is 1. The quantitative estimate of drug-likeness (QED) is 0.737. The normalized spacial score (nSPS) is 14.7. The average Bonchev–Trinajstić information content (AvgIpc) is 3.22. The van der Waals surface area contributed by atoms with Gasteiger partial charge in [-0.25, -0.2) is 0 Å². The van der Waals surface area contributed by atoms with Crippen molar-refractivity contribution in [1.82, 2.24) is 4.90 Å². The lowest BCUT2D eigenvalue weighted by atomic mass is 10.1. The zero-order chi connectivity index (χ0) is 15.4. The third kappa shape index (κ3) is 5.32. The lowest BCUT2D eigenvalue weighted by Crippen LogP contribution is -2.36. The summed E-state index contributed by atoms with van der Waals surface area (Å²) in [7, 11) is 0. The number of amides is 1. The molecule has 1 aromatic rings. The van der Waals surface area contributed by atoms with Crippen molar-refractivity contribution in [2.24, 2.45) is 5.92 Å². The number of hydrogen-bond acceptors (Lipinski definition) is 3. The molecule has 1 aromatic carbocycles. The molecule has 5 heteroatoms. The third-order valence-corrected chi connectivity index (χ3v) is 4.33. The Bertz CT molecular complexity index is 500. The predicted molar refractivity (Wildman–Crippen MR) is 91.2 cm³/mol. The van der Waals surface area contributed by atoms with Gasteiger partial charge < -0.3 is 11.1 Å². The zero-order valence-electron chi connectivity index (χ0n) is 12.7. The number of halogens is 1. The van der Waals surface area contributed by atoms with Gasteiger partial charge in [0.1, 0.15) is 0 Å². The molecule has 1 saturated carbocycles. The van der Waals surface area contributed by atoms with Crippen molar-refractivity contribution in [2.75, 3.05) is 24.1 Å². The van der Waals surface area contributed by atoms with Crippen LogP contribution in [0.5, 0.6) is 0 Å². The number of carbonyl (C=O) groups excluding carboxylic acids is 1. The molecule has 0 radical (unpaired) electrons. The fourth-order valence-electron chi connectivity index (χ4n) is 2.26. The van der Waals surface area contributed by atoms with Gasteiger partial charge in [0.2, 0.25) is 5.91 Å². The van der Waals surface area contributed by atoms with Crippen molar-refractivity contribution in [3.05, 3.63) is 22.7 Å². The van der Waals surface area contributed by atoms with Crippen molar-refractivity contribution >= 4 is 33.2 Å². The van der Waals surface area contributed by atoms with E-state index in [9.17, 15) is 4.79 Å². The van der Waals surface area contributed by atoms with Crippen LogP contribution in [-0.4, -0.2) is 29.9 Å². The maximum Gasteiger partial charge on any atom is 0.238 e. The second-order valence-electron chi connectivity index (χ2n) is 6.17. The van der Waals surface area contributed by atoms with E-state index in [2.05, 4.69) is 40.0 Å². The molecule has 4 nitrogen and oxygen atoms in total. The molecule has 116 valence electrons. The summed E-state index contributed by atoms with van der Waals surface area (Å²) < 4.78 is 0.816. The molecule has 0 atom stereocenters. The highest BCUT2D eigenvalue weighted by atomic mass is 79.9. The van der Waals surface area contributed by atoms with E-state index < -0.39 is 0 Å². The van der Waals surface area contributed by atoms with Crippen LogP contribution >= 0.6 is 15.9 Å². The summed E-state index contributed by atoms with van der Waals surface area (Å²) in [6.45, 7) is 5.90. The SMILES string of the molecule is CC(C)CCN(CC(=O)Nc1ccc(N)cc1Br)C1CC1. The number of anilines is 2. The molecule has 0 unspecified atom stereocenters. The number of nitrogens with two attached hydrogens (primary N) is 1. The summed E-state index contributed by atoms with van der Waals surface area (Å²) >= 11 is 3.42. The number of rotatable bonds is 7. The Morgan fingerprint density at radius 1 is 1.48 bits per heavy atom. The van der Waals surface area contributed by atoms with E-state index in [1.807, 2.05) is 6.07 Å². The molecule has 0 aromatic heterocycles. The van der Waals surface area contributed by atoms with Gasteiger partial charge in [-0.3, -0.25) is 9.69 Å². The van der Waals surface area contributed by atoms with Gasteiger partial charge in [0.05, 0.1) is 12.2 Å². The van der Waals surface area contributed by atoms with Gasteiger partial charge in [-0.05, 0) is 65.9 Å². The molecular formula is C16H24BrN3O. The van der Waals surface area contributed by atoms with Crippen LogP contribution in [0.2, 0.25) is 0 Å². The monoisotopic (exact) mass is 353 g/mol. The van der Waals surface area contributed by atoms with E-state index in [1.165, 1.54) is 12.8 Å². The fraction of sp³-hybridized carbons (Fsp3) is 0.562. The first-order chi connectivity index (χ1) is 9.95. The summed E-state index contributed by atoms with van der Waals surface area (Å²) in [5.74, 6) is 0.705. The van der Waals surface area contributed by atoms with Gasteiger partial charge in [0, 0.05) is 16.2 Å². The molecule has 1 aliphatic rings. The molecule has 1 amide bonds. The number of carbonyl (C=O) groups is 1. The van der Waals surface area contributed by atoms with Crippen LogP contribution in [0.3, 0.4) is 0 Å². The Kier molecular flexibility index (Phi) is 5.65. The van der Waals surface area contributed by atoms with E-state index >= 15 is 0 Å². The highest BCUT2D eigenvalue weighted by molar-refractivity contribution is 9.10. The van der Waals surface area contributed by atoms with Gasteiger partial charge >= 0.3 is 0 Å². The lowest BCUT2D eigenvalue weighted by molar-refractivity contribution is -0.117. The topological polar surface area (TPSA) is 58.4 Å². The van der Waals surface area contributed by atoms with Crippen LogP contribution in [0.4, 0.5) is 11.4 Å². The van der Waals surface area contributed by atoms with E-state index in [0.717, 1.165) is 23.1 Å². The lowest BCUT2D eigenvalue weighted by Gasteiger charge is -2.22. The van der Waals surface area contributed by atoms with Gasteiger partial charge in [-0.1, -0.05) is 13.8 Å². The Labute approximate surface area is 135 Å². The average molecular weight is 354 g/mol. The van der Waals surface area contributed by atoms with Crippen molar-refractivity contribution in [1.29, 1.82) is 0 Å². The molecule has 0 heterocycles. The first kappa shape index (κ1) is 16.3. The first-order valence-electron chi connectivity index (χ1n) is 7.54. The molecule has 0 aliphatic heterocycles. The number of hydrogen-bond donors (Lipinski definition) is 2. The molecule has 3 N–H and O–H groups in total. The summed E-state index contributed by atoms with van der Waals surface area (Å²) in [4.78, 5) is 14.5. The Hall–Kier alpha value is -1.07. The van der Waals surface area contributed by atoms with E-state index in [-0.39, 0.29) is 5.91 Å². The molecule has 0 bridgehead atoms. The van der Waals surface area contributed by atoms with Crippen LogP contribution in [-0.2, 0) is 4.79 Å². The van der Waals surface area contributed by atoms with E-state index in [0.29, 0.717) is 24.2 Å². The summed E-state index contributed by atoms with van der Waals surface area (Å²) in [5, 5.41) is 2.96. The summed E-state index contributed by atoms with van der Waals surface area (Å²) in [5.41, 5.74) is 7.15. The van der Waals surface area contributed by atoms with Crippen LogP contribution in [0.1, 0.15) is 33.1 Å². The molecule has 1 aliphatic carbocycles. The van der Waals surface area contributed by atoms with Crippen LogP contribution in [0, 0.1) is 5.92 Å². The molecule has 1 fully saturated rings. The Balaban J connectivity index is 1.89. The van der Waals surface area contributed by atoms with E-state index in [4.69, 9.17) is 5.73 Å². The number of benzene rings is 1. The number of nitrogens with zero attached hydrogens (tertiary/aromatic N) is 1. The molecular weight excluding hydrogens is 330 g/mol. The summed E-state index contributed by atoms with van der Waals surface area (Å²) in [6, 6.07) is 6.02. The largest absolute Gasteiger partial charge is 0.399 e. The molecule has 21 heavy (non-hydrogen) atoms. The minimum absolute atomic E-state index is 0.0381. The van der Waals surface area contributed by atoms with Gasteiger partial charge in [0.25, 0.3) is 0 Å². The minimum atomic E-state index is 0.0381.